The van der Waals surface area contributed by atoms with Crippen molar-refractivity contribution in [1.29, 1.82) is 0 Å². The molecule has 7 N–H and O–H groups in total. The second kappa shape index (κ2) is 10.4. The summed E-state index contributed by atoms with van der Waals surface area (Å²) in [6.45, 7) is 1.69. The van der Waals surface area contributed by atoms with Gasteiger partial charge in [0.1, 0.15) is 23.6 Å². The summed E-state index contributed by atoms with van der Waals surface area (Å²) in [5.41, 5.74) is 6.06. The van der Waals surface area contributed by atoms with Crippen LogP contribution in [0.25, 0.3) is 22.1 Å². The van der Waals surface area contributed by atoms with Crippen molar-refractivity contribution in [1.82, 2.24) is 24.9 Å². The molecule has 5 rings (SSSR count). The molecule has 38 heavy (non-hydrogen) atoms. The van der Waals surface area contributed by atoms with E-state index in [1.807, 2.05) is 0 Å². The number of benzene rings is 2. The molecule has 5 aromatic rings. The zero-order valence-corrected chi connectivity index (χ0v) is 20.5. The highest BCUT2D eigenvalue weighted by Gasteiger charge is 2.25. The maximum absolute atomic E-state index is 14.4. The normalized spacial score (nSPS) is 11.4. The van der Waals surface area contributed by atoms with E-state index < -0.39 is 33.1 Å². The summed E-state index contributed by atoms with van der Waals surface area (Å²) in [6, 6.07) is 7.05. The first-order chi connectivity index (χ1) is 18.0. The molecule has 0 saturated carbocycles. The fourth-order valence-corrected chi connectivity index (χ4v) is 4.17. The highest BCUT2D eigenvalue weighted by atomic mass is 32.2. The maximum atomic E-state index is 14.4. The molecule has 2 aromatic carbocycles. The summed E-state index contributed by atoms with van der Waals surface area (Å²) in [7, 11) is -3.67. The number of carbonyl (C=O) groups is 1. The summed E-state index contributed by atoms with van der Waals surface area (Å²) in [5, 5.41) is 3.30. The van der Waals surface area contributed by atoms with Crippen molar-refractivity contribution >= 4 is 55.2 Å². The van der Waals surface area contributed by atoms with E-state index in [1.165, 1.54) is 12.5 Å². The van der Waals surface area contributed by atoms with Gasteiger partial charge in [0.25, 0.3) is 10.1 Å². The number of carbonyl (C=O) groups excluding carboxylic acids is 1. The Hall–Kier alpha value is -4.63. The average Bonchev–Trinajstić information content (AvgIpc) is 3.44. The zero-order chi connectivity index (χ0) is 27.6. The van der Waals surface area contributed by atoms with Gasteiger partial charge in [-0.1, -0.05) is 6.92 Å². The number of hydrogen-bond acceptors (Lipinski definition) is 8. The SMILES string of the molecule is CCCS(=O)(=O)O.Nc1ccc(F)c(C(=O)c2c[nH]c3ncnc(Nc4ccc5[nH]c(=O)[nH]c5c4)c23)c1F. The number of ketones is 1. The van der Waals surface area contributed by atoms with Crippen molar-refractivity contribution in [2.75, 3.05) is 16.8 Å². The van der Waals surface area contributed by atoms with E-state index in [1.54, 1.807) is 25.1 Å². The van der Waals surface area contributed by atoms with Crippen LogP contribution in [0.15, 0.2) is 47.7 Å². The van der Waals surface area contributed by atoms with E-state index in [0.29, 0.717) is 28.8 Å². The molecule has 15 heteroatoms. The Labute approximate surface area is 213 Å². The monoisotopic (exact) mass is 545 g/mol. The first-order valence-corrected chi connectivity index (χ1v) is 12.6. The van der Waals surface area contributed by atoms with Crippen LogP contribution in [0.1, 0.15) is 29.3 Å². The number of hydrogen-bond donors (Lipinski definition) is 6. The van der Waals surface area contributed by atoms with E-state index in [9.17, 15) is 26.8 Å². The number of imidazole rings is 1. The number of anilines is 3. The third-order valence-electron chi connectivity index (χ3n) is 5.30. The Kier molecular flexibility index (Phi) is 7.23. The minimum absolute atomic E-state index is 0.0300. The molecule has 0 bridgehead atoms. The van der Waals surface area contributed by atoms with Crippen LogP contribution in [0.2, 0.25) is 0 Å². The summed E-state index contributed by atoms with van der Waals surface area (Å²) in [4.78, 5) is 40.8. The first-order valence-electron chi connectivity index (χ1n) is 11.0. The molecule has 0 atom stereocenters. The van der Waals surface area contributed by atoms with Crippen LogP contribution in [-0.2, 0) is 10.1 Å². The molecule has 0 radical (unpaired) electrons. The predicted octanol–water partition coefficient (Wildman–Crippen LogP) is 3.25. The number of nitrogens with one attached hydrogen (secondary N) is 4. The van der Waals surface area contributed by atoms with Crippen molar-refractivity contribution in [3.63, 3.8) is 0 Å². The lowest BCUT2D eigenvalue weighted by molar-refractivity contribution is 0.103. The lowest BCUT2D eigenvalue weighted by atomic mass is 10.0. The summed E-state index contributed by atoms with van der Waals surface area (Å²) >= 11 is 0. The molecule has 12 nitrogen and oxygen atoms in total. The second-order valence-corrected chi connectivity index (χ2v) is 9.63. The molecule has 3 heterocycles. The predicted molar refractivity (Wildman–Crippen MR) is 137 cm³/mol. The molecule has 0 aliphatic carbocycles. The minimum atomic E-state index is -3.67. The number of nitrogens with zero attached hydrogens (tertiary/aromatic N) is 2. The minimum Gasteiger partial charge on any atom is -0.396 e. The van der Waals surface area contributed by atoms with Crippen molar-refractivity contribution in [2.45, 2.75) is 13.3 Å². The molecule has 0 unspecified atom stereocenters. The van der Waals surface area contributed by atoms with Gasteiger partial charge in [-0.05, 0) is 36.8 Å². The second-order valence-electron chi connectivity index (χ2n) is 8.05. The Bertz CT molecular complexity index is 1830. The number of rotatable bonds is 6. The van der Waals surface area contributed by atoms with Crippen LogP contribution < -0.4 is 16.7 Å². The zero-order valence-electron chi connectivity index (χ0n) is 19.7. The molecule has 0 amide bonds. The van der Waals surface area contributed by atoms with E-state index in [4.69, 9.17) is 10.3 Å². The number of aromatic nitrogens is 5. The van der Waals surface area contributed by atoms with Gasteiger partial charge < -0.3 is 26.0 Å². The molecular formula is C23H21F2N7O5S. The van der Waals surface area contributed by atoms with Crippen LogP contribution in [-0.4, -0.2) is 49.4 Å². The van der Waals surface area contributed by atoms with Crippen LogP contribution in [0.5, 0.6) is 0 Å². The van der Waals surface area contributed by atoms with Crippen molar-refractivity contribution in [2.24, 2.45) is 0 Å². The molecule has 0 spiro atoms. The maximum Gasteiger partial charge on any atom is 0.323 e. The molecule has 3 aromatic heterocycles. The van der Waals surface area contributed by atoms with Gasteiger partial charge in [0.05, 0.1) is 39.0 Å². The van der Waals surface area contributed by atoms with Crippen molar-refractivity contribution in [3.8, 4) is 0 Å². The van der Waals surface area contributed by atoms with E-state index in [-0.39, 0.29) is 33.9 Å². The lowest BCUT2D eigenvalue weighted by Gasteiger charge is -2.09. The third-order valence-corrected chi connectivity index (χ3v) is 6.23. The molecule has 198 valence electrons. The van der Waals surface area contributed by atoms with Crippen LogP contribution in [0.3, 0.4) is 0 Å². The summed E-state index contributed by atoms with van der Waals surface area (Å²) in [6.07, 6.45) is 3.05. The highest BCUT2D eigenvalue weighted by molar-refractivity contribution is 7.85. The highest BCUT2D eigenvalue weighted by Crippen LogP contribution is 2.30. The Balaban J connectivity index is 0.000000426. The van der Waals surface area contributed by atoms with Gasteiger partial charge in [0.15, 0.2) is 5.82 Å². The Morgan fingerprint density at radius 2 is 1.87 bits per heavy atom. The standard InChI is InChI=1S/C20H13F2N7O2.C3H8O3S/c21-10-2-3-11(23)16(22)15(10)17(30)9-6-24-18-14(9)19(26-7-25-18)27-8-1-4-12-13(5-8)29-20(31)28-12;1-2-3-7(4,5)6/h1-7H,23H2,(H2,28,29,31)(H2,24,25,26,27);2-3H2,1H3,(H,4,5,6). The van der Waals surface area contributed by atoms with Gasteiger partial charge in [0.2, 0.25) is 5.78 Å². The van der Waals surface area contributed by atoms with Gasteiger partial charge in [-0.2, -0.15) is 8.42 Å². The van der Waals surface area contributed by atoms with Gasteiger partial charge in [-0.25, -0.2) is 23.5 Å². The van der Waals surface area contributed by atoms with E-state index in [2.05, 4.69) is 30.2 Å². The van der Waals surface area contributed by atoms with E-state index in [0.717, 1.165) is 12.1 Å². The Morgan fingerprint density at radius 3 is 2.55 bits per heavy atom. The number of halogens is 2. The number of nitrogens with two attached hydrogens (primary N) is 1. The number of aromatic amines is 3. The van der Waals surface area contributed by atoms with Gasteiger partial charge in [0, 0.05) is 11.9 Å². The summed E-state index contributed by atoms with van der Waals surface area (Å²) in [5.74, 6) is -2.97. The van der Waals surface area contributed by atoms with Crippen molar-refractivity contribution < 1.29 is 26.5 Å². The number of H-pyrrole nitrogens is 3. The van der Waals surface area contributed by atoms with Crippen LogP contribution in [0, 0.1) is 11.6 Å². The molecule has 0 fully saturated rings. The molecule has 0 saturated heterocycles. The molecule has 0 aliphatic heterocycles. The Morgan fingerprint density at radius 1 is 1.13 bits per heavy atom. The summed E-state index contributed by atoms with van der Waals surface area (Å²) < 4.78 is 56.3. The van der Waals surface area contributed by atoms with E-state index >= 15 is 0 Å². The van der Waals surface area contributed by atoms with Crippen LogP contribution in [0.4, 0.5) is 26.0 Å². The van der Waals surface area contributed by atoms with Gasteiger partial charge in [-0.3, -0.25) is 9.35 Å². The fourth-order valence-electron chi connectivity index (χ4n) is 3.65. The van der Waals surface area contributed by atoms with Crippen LogP contribution >= 0.6 is 0 Å². The quantitative estimate of drug-likeness (QED) is 0.105. The number of fused-ring (bicyclic) bond motifs is 2. The first kappa shape index (κ1) is 26.4. The van der Waals surface area contributed by atoms with Gasteiger partial charge in [-0.15, -0.1) is 0 Å². The lowest BCUT2D eigenvalue weighted by Crippen LogP contribution is -2.10. The smallest absolute Gasteiger partial charge is 0.323 e. The molecule has 0 aliphatic rings. The van der Waals surface area contributed by atoms with Gasteiger partial charge >= 0.3 is 5.69 Å². The molecular weight excluding hydrogens is 524 g/mol. The topological polar surface area (TPSA) is 200 Å². The largest absolute Gasteiger partial charge is 0.396 e. The third kappa shape index (κ3) is 5.52. The fraction of sp³-hybridized carbons (Fsp3) is 0.130. The average molecular weight is 546 g/mol. The number of nitrogen functional groups attached to an aromatic ring is 1. The van der Waals surface area contributed by atoms with Crippen molar-refractivity contribution in [3.05, 3.63) is 76.1 Å².